The summed E-state index contributed by atoms with van der Waals surface area (Å²) in [4.78, 5) is 6.34. The minimum absolute atomic E-state index is 0.0859. The predicted octanol–water partition coefficient (Wildman–Crippen LogP) is 0.871. The molecule has 0 aliphatic heterocycles. The van der Waals surface area contributed by atoms with Crippen LogP contribution >= 0.6 is 0 Å². The van der Waals surface area contributed by atoms with Gasteiger partial charge in [0.1, 0.15) is 5.82 Å². The lowest BCUT2D eigenvalue weighted by molar-refractivity contribution is 0.0464. The molecule has 0 amide bonds. The first kappa shape index (κ1) is 10.2. The van der Waals surface area contributed by atoms with Gasteiger partial charge in [-0.05, 0) is 24.8 Å². The van der Waals surface area contributed by atoms with Gasteiger partial charge in [-0.3, -0.25) is 0 Å². The molecule has 0 saturated heterocycles. The van der Waals surface area contributed by atoms with Crippen LogP contribution in [0.15, 0.2) is 18.3 Å². The molecule has 4 heteroatoms. The van der Waals surface area contributed by atoms with Crippen molar-refractivity contribution < 1.29 is 5.11 Å². The van der Waals surface area contributed by atoms with E-state index in [4.69, 9.17) is 5.73 Å². The van der Waals surface area contributed by atoms with Gasteiger partial charge in [0.2, 0.25) is 0 Å². The number of nitrogens with two attached hydrogens (primary N) is 1. The SMILES string of the molecule is CN(CC1CC(O)C1)c1cc(N)ccn1. The molecule has 0 unspecified atom stereocenters. The van der Waals surface area contributed by atoms with Crippen LogP contribution < -0.4 is 10.6 Å². The highest BCUT2D eigenvalue weighted by atomic mass is 16.3. The second kappa shape index (κ2) is 4.06. The first-order valence-corrected chi connectivity index (χ1v) is 5.26. The zero-order chi connectivity index (χ0) is 10.8. The van der Waals surface area contributed by atoms with E-state index in [1.807, 2.05) is 13.1 Å². The number of aliphatic hydroxyl groups excluding tert-OH is 1. The summed E-state index contributed by atoms with van der Waals surface area (Å²) in [5, 5.41) is 9.19. The van der Waals surface area contributed by atoms with Gasteiger partial charge in [0.15, 0.2) is 0 Å². The third-order valence-electron chi connectivity index (χ3n) is 2.90. The molecule has 1 aromatic heterocycles. The number of aliphatic hydroxyl groups is 1. The van der Waals surface area contributed by atoms with E-state index in [9.17, 15) is 5.11 Å². The fourth-order valence-electron chi connectivity index (χ4n) is 1.97. The second-order valence-electron chi connectivity index (χ2n) is 4.32. The van der Waals surface area contributed by atoms with E-state index in [-0.39, 0.29) is 6.10 Å². The van der Waals surface area contributed by atoms with Crippen molar-refractivity contribution in [3.8, 4) is 0 Å². The monoisotopic (exact) mass is 207 g/mol. The lowest BCUT2D eigenvalue weighted by atomic mass is 9.82. The summed E-state index contributed by atoms with van der Waals surface area (Å²) in [5.74, 6) is 1.49. The molecule has 1 aliphatic carbocycles. The van der Waals surface area contributed by atoms with Crippen molar-refractivity contribution in [2.45, 2.75) is 18.9 Å². The molecule has 1 aromatic rings. The van der Waals surface area contributed by atoms with E-state index >= 15 is 0 Å². The molecule has 1 fully saturated rings. The summed E-state index contributed by atoms with van der Waals surface area (Å²) in [6, 6.07) is 3.65. The largest absolute Gasteiger partial charge is 0.399 e. The molecule has 0 aromatic carbocycles. The Morgan fingerprint density at radius 1 is 1.60 bits per heavy atom. The van der Waals surface area contributed by atoms with E-state index in [1.165, 1.54) is 0 Å². The molecule has 15 heavy (non-hydrogen) atoms. The molecule has 0 spiro atoms. The number of rotatable bonds is 3. The molecule has 2 rings (SSSR count). The Kier molecular flexibility index (Phi) is 2.77. The molecule has 0 atom stereocenters. The van der Waals surface area contributed by atoms with Crippen LogP contribution in [0, 0.1) is 5.92 Å². The normalized spacial score (nSPS) is 24.7. The Morgan fingerprint density at radius 3 is 2.93 bits per heavy atom. The second-order valence-corrected chi connectivity index (χ2v) is 4.32. The first-order chi connectivity index (χ1) is 7.15. The van der Waals surface area contributed by atoms with E-state index in [1.54, 1.807) is 12.3 Å². The molecular formula is C11H17N3O. The van der Waals surface area contributed by atoms with Crippen LogP contribution in [0.25, 0.3) is 0 Å². The van der Waals surface area contributed by atoms with Gasteiger partial charge >= 0.3 is 0 Å². The van der Waals surface area contributed by atoms with Gasteiger partial charge in [0, 0.05) is 31.5 Å². The maximum absolute atomic E-state index is 9.19. The third-order valence-corrected chi connectivity index (χ3v) is 2.90. The van der Waals surface area contributed by atoms with Crippen molar-refractivity contribution in [2.75, 3.05) is 24.2 Å². The van der Waals surface area contributed by atoms with E-state index < -0.39 is 0 Å². The van der Waals surface area contributed by atoms with Crippen LogP contribution in [0.1, 0.15) is 12.8 Å². The van der Waals surface area contributed by atoms with Crippen LogP contribution in [0.5, 0.6) is 0 Å². The van der Waals surface area contributed by atoms with Crippen molar-refractivity contribution in [3.63, 3.8) is 0 Å². The standard InChI is InChI=1S/C11H17N3O/c1-14(7-8-4-10(15)5-8)11-6-9(12)2-3-13-11/h2-3,6,8,10,15H,4-5,7H2,1H3,(H2,12,13). The predicted molar refractivity (Wildman–Crippen MR) is 60.7 cm³/mol. The fraction of sp³-hybridized carbons (Fsp3) is 0.545. The molecular weight excluding hydrogens is 190 g/mol. The summed E-state index contributed by atoms with van der Waals surface area (Å²) >= 11 is 0. The van der Waals surface area contributed by atoms with Crippen molar-refractivity contribution in [3.05, 3.63) is 18.3 Å². The van der Waals surface area contributed by atoms with Gasteiger partial charge in [-0.1, -0.05) is 0 Å². The van der Waals surface area contributed by atoms with Gasteiger partial charge in [-0.2, -0.15) is 0 Å². The first-order valence-electron chi connectivity index (χ1n) is 5.26. The fourth-order valence-corrected chi connectivity index (χ4v) is 1.97. The molecule has 0 bridgehead atoms. The van der Waals surface area contributed by atoms with E-state index in [2.05, 4.69) is 9.88 Å². The molecule has 1 heterocycles. The Bertz CT molecular complexity index is 336. The highest BCUT2D eigenvalue weighted by molar-refractivity contribution is 5.49. The summed E-state index contributed by atoms with van der Waals surface area (Å²) in [6.45, 7) is 0.938. The number of hydrogen-bond acceptors (Lipinski definition) is 4. The summed E-state index contributed by atoms with van der Waals surface area (Å²) < 4.78 is 0. The van der Waals surface area contributed by atoms with Crippen molar-refractivity contribution >= 4 is 11.5 Å². The topological polar surface area (TPSA) is 62.4 Å². The van der Waals surface area contributed by atoms with Crippen LogP contribution in [-0.4, -0.2) is 29.8 Å². The average molecular weight is 207 g/mol. The van der Waals surface area contributed by atoms with Crippen molar-refractivity contribution in [1.29, 1.82) is 0 Å². The quantitative estimate of drug-likeness (QED) is 0.772. The Morgan fingerprint density at radius 2 is 2.33 bits per heavy atom. The molecule has 4 nitrogen and oxygen atoms in total. The summed E-state index contributed by atoms with van der Waals surface area (Å²) in [5.41, 5.74) is 6.43. The van der Waals surface area contributed by atoms with Crippen LogP contribution in [0.2, 0.25) is 0 Å². The highest BCUT2D eigenvalue weighted by Gasteiger charge is 2.28. The minimum Gasteiger partial charge on any atom is -0.399 e. The molecule has 3 N–H and O–H groups in total. The Hall–Kier alpha value is -1.29. The molecule has 1 saturated carbocycles. The number of hydrogen-bond donors (Lipinski definition) is 2. The Labute approximate surface area is 89.7 Å². The van der Waals surface area contributed by atoms with Gasteiger partial charge in [0.25, 0.3) is 0 Å². The van der Waals surface area contributed by atoms with Crippen molar-refractivity contribution in [2.24, 2.45) is 5.92 Å². The summed E-state index contributed by atoms with van der Waals surface area (Å²) in [6.07, 6.45) is 3.45. The molecule has 0 radical (unpaired) electrons. The van der Waals surface area contributed by atoms with E-state index in [0.717, 1.165) is 30.9 Å². The highest BCUT2D eigenvalue weighted by Crippen LogP contribution is 2.28. The maximum Gasteiger partial charge on any atom is 0.130 e. The van der Waals surface area contributed by atoms with Crippen molar-refractivity contribution in [1.82, 2.24) is 4.98 Å². The maximum atomic E-state index is 9.19. The number of pyridine rings is 1. The van der Waals surface area contributed by atoms with Crippen LogP contribution in [-0.2, 0) is 0 Å². The van der Waals surface area contributed by atoms with E-state index in [0.29, 0.717) is 5.92 Å². The smallest absolute Gasteiger partial charge is 0.130 e. The number of nitrogens with zero attached hydrogens (tertiary/aromatic N) is 2. The van der Waals surface area contributed by atoms with Crippen LogP contribution in [0.4, 0.5) is 11.5 Å². The third kappa shape index (κ3) is 2.39. The Balaban J connectivity index is 1.93. The molecule has 82 valence electrons. The van der Waals surface area contributed by atoms with Gasteiger partial charge in [0.05, 0.1) is 6.10 Å². The number of anilines is 2. The van der Waals surface area contributed by atoms with Crippen LogP contribution in [0.3, 0.4) is 0 Å². The van der Waals surface area contributed by atoms with Gasteiger partial charge in [-0.25, -0.2) is 4.98 Å². The summed E-state index contributed by atoms with van der Waals surface area (Å²) in [7, 11) is 2.01. The lowest BCUT2D eigenvalue weighted by Gasteiger charge is -2.34. The minimum atomic E-state index is -0.0859. The molecule has 1 aliphatic rings. The van der Waals surface area contributed by atoms with Gasteiger partial charge in [-0.15, -0.1) is 0 Å². The zero-order valence-corrected chi connectivity index (χ0v) is 8.93. The average Bonchev–Trinajstić information content (AvgIpc) is 2.15. The lowest BCUT2D eigenvalue weighted by Crippen LogP contribution is -2.37. The zero-order valence-electron chi connectivity index (χ0n) is 8.93. The van der Waals surface area contributed by atoms with Gasteiger partial charge < -0.3 is 15.7 Å². The number of aromatic nitrogens is 1. The number of nitrogen functional groups attached to an aromatic ring is 1.